The molecular weight excluding hydrogens is 318 g/mol. The summed E-state index contributed by atoms with van der Waals surface area (Å²) in [6.45, 7) is 8.08. The molecule has 136 valence electrons. The molecule has 2 aliphatic rings. The smallest absolute Gasteiger partial charge is 0.317 e. The molecule has 25 heavy (non-hydrogen) atoms. The molecule has 7 heteroatoms. The monoisotopic (exact) mass is 345 g/mol. The number of carbonyl (C=O) groups excluding carboxylic acids is 2. The fourth-order valence-electron chi connectivity index (χ4n) is 3.69. The molecule has 1 aromatic heterocycles. The highest BCUT2D eigenvalue weighted by Gasteiger charge is 2.43. The van der Waals surface area contributed by atoms with Gasteiger partial charge < -0.3 is 15.5 Å². The molecule has 3 amide bonds. The fourth-order valence-corrected chi connectivity index (χ4v) is 3.69. The second kappa shape index (κ2) is 7.39. The SMILES string of the molecule is CC(C)NC(=O)N1CCN(Cc2ccccn2)CC2(CNC(=O)C2)C1. The van der Waals surface area contributed by atoms with Crippen molar-refractivity contribution in [3.63, 3.8) is 0 Å². The van der Waals surface area contributed by atoms with Crippen LogP contribution in [0.1, 0.15) is 26.0 Å². The predicted molar refractivity (Wildman–Crippen MR) is 94.8 cm³/mol. The summed E-state index contributed by atoms with van der Waals surface area (Å²) in [5, 5.41) is 5.93. The Balaban J connectivity index is 1.75. The van der Waals surface area contributed by atoms with E-state index in [4.69, 9.17) is 0 Å². The number of aromatic nitrogens is 1. The minimum Gasteiger partial charge on any atom is -0.355 e. The zero-order chi connectivity index (χ0) is 17.9. The van der Waals surface area contributed by atoms with Gasteiger partial charge in [0, 0.05) is 63.3 Å². The van der Waals surface area contributed by atoms with Crippen LogP contribution in [-0.2, 0) is 11.3 Å². The van der Waals surface area contributed by atoms with E-state index >= 15 is 0 Å². The first-order valence-corrected chi connectivity index (χ1v) is 8.90. The van der Waals surface area contributed by atoms with Gasteiger partial charge in [-0.3, -0.25) is 14.7 Å². The molecule has 1 unspecified atom stereocenters. The number of amides is 3. The van der Waals surface area contributed by atoms with E-state index in [9.17, 15) is 9.59 Å². The van der Waals surface area contributed by atoms with Gasteiger partial charge in [-0.05, 0) is 26.0 Å². The number of rotatable bonds is 3. The van der Waals surface area contributed by atoms with Crippen LogP contribution in [0.2, 0.25) is 0 Å². The molecule has 0 bridgehead atoms. The maximum Gasteiger partial charge on any atom is 0.317 e. The van der Waals surface area contributed by atoms with Gasteiger partial charge >= 0.3 is 6.03 Å². The Morgan fingerprint density at radius 2 is 2.20 bits per heavy atom. The summed E-state index contributed by atoms with van der Waals surface area (Å²) in [7, 11) is 0. The average molecular weight is 345 g/mol. The van der Waals surface area contributed by atoms with E-state index in [1.54, 1.807) is 6.20 Å². The van der Waals surface area contributed by atoms with Gasteiger partial charge in [0.15, 0.2) is 0 Å². The van der Waals surface area contributed by atoms with Crippen molar-refractivity contribution in [1.29, 1.82) is 0 Å². The van der Waals surface area contributed by atoms with E-state index < -0.39 is 0 Å². The van der Waals surface area contributed by atoms with Crippen LogP contribution < -0.4 is 10.6 Å². The summed E-state index contributed by atoms with van der Waals surface area (Å²) >= 11 is 0. The lowest BCUT2D eigenvalue weighted by Gasteiger charge is -2.33. The number of hydrogen-bond acceptors (Lipinski definition) is 4. The summed E-state index contributed by atoms with van der Waals surface area (Å²) in [5.41, 5.74) is 0.784. The number of nitrogens with zero attached hydrogens (tertiary/aromatic N) is 3. The van der Waals surface area contributed by atoms with Gasteiger partial charge in [-0.1, -0.05) is 6.07 Å². The molecule has 0 aromatic carbocycles. The Morgan fingerprint density at radius 3 is 2.84 bits per heavy atom. The van der Waals surface area contributed by atoms with E-state index in [1.165, 1.54) is 0 Å². The number of urea groups is 1. The molecule has 2 N–H and O–H groups in total. The van der Waals surface area contributed by atoms with Crippen LogP contribution in [0.4, 0.5) is 4.79 Å². The third-order valence-corrected chi connectivity index (χ3v) is 4.78. The third-order valence-electron chi connectivity index (χ3n) is 4.78. The molecule has 1 atom stereocenters. The fraction of sp³-hybridized carbons (Fsp3) is 0.611. The van der Waals surface area contributed by atoms with Gasteiger partial charge in [0.05, 0.1) is 5.69 Å². The normalized spacial score (nSPS) is 24.4. The summed E-state index contributed by atoms with van der Waals surface area (Å²) in [6, 6.07) is 5.95. The third kappa shape index (κ3) is 4.48. The molecule has 2 aliphatic heterocycles. The molecule has 0 saturated carbocycles. The van der Waals surface area contributed by atoms with Crippen molar-refractivity contribution in [3.05, 3.63) is 30.1 Å². The Kier molecular flexibility index (Phi) is 5.22. The molecule has 3 heterocycles. The van der Waals surface area contributed by atoms with Gasteiger partial charge in [-0.2, -0.15) is 0 Å². The molecule has 3 rings (SSSR count). The lowest BCUT2D eigenvalue weighted by molar-refractivity contribution is -0.119. The predicted octanol–water partition coefficient (Wildman–Crippen LogP) is 0.824. The maximum absolute atomic E-state index is 12.5. The molecule has 1 spiro atoms. The average Bonchev–Trinajstić information content (AvgIpc) is 2.81. The van der Waals surface area contributed by atoms with Gasteiger partial charge in [0.2, 0.25) is 5.91 Å². The quantitative estimate of drug-likeness (QED) is 0.850. The molecule has 7 nitrogen and oxygen atoms in total. The van der Waals surface area contributed by atoms with Crippen molar-refractivity contribution in [1.82, 2.24) is 25.4 Å². The summed E-state index contributed by atoms with van der Waals surface area (Å²) in [4.78, 5) is 33.0. The Hall–Kier alpha value is -2.15. The van der Waals surface area contributed by atoms with E-state index in [-0.39, 0.29) is 23.4 Å². The summed E-state index contributed by atoms with van der Waals surface area (Å²) in [6.07, 6.45) is 2.27. The topological polar surface area (TPSA) is 77.6 Å². The zero-order valence-electron chi connectivity index (χ0n) is 15.0. The van der Waals surface area contributed by atoms with E-state index in [0.717, 1.165) is 25.3 Å². The highest BCUT2D eigenvalue weighted by molar-refractivity contribution is 5.80. The number of pyridine rings is 1. The minimum absolute atomic E-state index is 0.0478. The Bertz CT molecular complexity index is 621. The molecule has 2 fully saturated rings. The minimum atomic E-state index is -0.226. The standard InChI is InChI=1S/C18H27N5O2/c1-14(2)21-17(25)23-8-7-22(10-15-5-3-4-6-19-15)12-18(13-23)9-16(24)20-11-18/h3-6,14H,7-13H2,1-2H3,(H,20,24)(H,21,25). The molecule has 0 radical (unpaired) electrons. The molecule has 0 aliphatic carbocycles. The number of carbonyl (C=O) groups is 2. The lowest BCUT2D eigenvalue weighted by atomic mass is 9.86. The number of nitrogens with one attached hydrogen (secondary N) is 2. The molecular formula is C18H27N5O2. The van der Waals surface area contributed by atoms with Crippen molar-refractivity contribution in [3.8, 4) is 0 Å². The van der Waals surface area contributed by atoms with Crippen LogP contribution in [0.3, 0.4) is 0 Å². The molecule has 2 saturated heterocycles. The maximum atomic E-state index is 12.5. The zero-order valence-corrected chi connectivity index (χ0v) is 15.0. The number of hydrogen-bond donors (Lipinski definition) is 2. The first kappa shape index (κ1) is 17.7. The largest absolute Gasteiger partial charge is 0.355 e. The van der Waals surface area contributed by atoms with Crippen molar-refractivity contribution >= 4 is 11.9 Å². The van der Waals surface area contributed by atoms with Gasteiger partial charge in [-0.15, -0.1) is 0 Å². The van der Waals surface area contributed by atoms with Gasteiger partial charge in [0.25, 0.3) is 0 Å². The van der Waals surface area contributed by atoms with Gasteiger partial charge in [0.1, 0.15) is 0 Å². The van der Waals surface area contributed by atoms with Crippen molar-refractivity contribution in [2.45, 2.75) is 32.9 Å². The second-order valence-electron chi connectivity index (χ2n) is 7.51. The van der Waals surface area contributed by atoms with Crippen molar-refractivity contribution in [2.24, 2.45) is 5.41 Å². The van der Waals surface area contributed by atoms with Crippen molar-refractivity contribution < 1.29 is 9.59 Å². The van der Waals surface area contributed by atoms with Crippen LogP contribution in [-0.4, -0.2) is 65.5 Å². The van der Waals surface area contributed by atoms with E-state index in [2.05, 4.69) is 20.5 Å². The van der Waals surface area contributed by atoms with Crippen LogP contribution >= 0.6 is 0 Å². The van der Waals surface area contributed by atoms with E-state index in [1.807, 2.05) is 36.9 Å². The van der Waals surface area contributed by atoms with E-state index in [0.29, 0.717) is 26.1 Å². The Labute approximate surface area is 148 Å². The molecule has 1 aromatic rings. The second-order valence-corrected chi connectivity index (χ2v) is 7.51. The van der Waals surface area contributed by atoms with Gasteiger partial charge in [-0.25, -0.2) is 4.79 Å². The lowest BCUT2D eigenvalue weighted by Crippen LogP contribution is -2.48. The van der Waals surface area contributed by atoms with Crippen LogP contribution in [0.5, 0.6) is 0 Å². The summed E-state index contributed by atoms with van der Waals surface area (Å²) in [5.74, 6) is 0.0731. The van der Waals surface area contributed by atoms with Crippen LogP contribution in [0.15, 0.2) is 24.4 Å². The first-order chi connectivity index (χ1) is 12.0. The highest BCUT2D eigenvalue weighted by Crippen LogP contribution is 2.31. The first-order valence-electron chi connectivity index (χ1n) is 8.90. The summed E-state index contributed by atoms with van der Waals surface area (Å²) < 4.78 is 0. The highest BCUT2D eigenvalue weighted by atomic mass is 16.2. The van der Waals surface area contributed by atoms with Crippen molar-refractivity contribution in [2.75, 3.05) is 32.7 Å². The Morgan fingerprint density at radius 1 is 1.36 bits per heavy atom. The van der Waals surface area contributed by atoms with Crippen LogP contribution in [0, 0.1) is 5.41 Å². The van der Waals surface area contributed by atoms with Crippen LogP contribution in [0.25, 0.3) is 0 Å².